The van der Waals surface area contributed by atoms with E-state index in [-0.39, 0.29) is 0 Å². The lowest BCUT2D eigenvalue weighted by molar-refractivity contribution is 0.611. The molecule has 0 aromatic carbocycles. The molecule has 2 rings (SSSR count). The van der Waals surface area contributed by atoms with E-state index < -0.39 is 0 Å². The molecule has 0 bridgehead atoms. The molecular formula is C16H22N4. The summed E-state index contributed by atoms with van der Waals surface area (Å²) in [5.41, 5.74) is 2.66. The van der Waals surface area contributed by atoms with Gasteiger partial charge < -0.3 is 10.6 Å². The van der Waals surface area contributed by atoms with Crippen LogP contribution in [-0.4, -0.2) is 36.1 Å². The highest BCUT2D eigenvalue weighted by Gasteiger charge is 1.93. The van der Waals surface area contributed by atoms with Crippen LogP contribution >= 0.6 is 0 Å². The summed E-state index contributed by atoms with van der Waals surface area (Å²) in [6, 6.07) is 8.26. The molecule has 2 heterocycles. The first kappa shape index (κ1) is 14.6. The van der Waals surface area contributed by atoms with Crippen LogP contribution in [-0.2, 0) is 12.8 Å². The lowest BCUT2D eigenvalue weighted by Gasteiger charge is -2.07. The summed E-state index contributed by atoms with van der Waals surface area (Å²) in [5, 5.41) is 6.88. The van der Waals surface area contributed by atoms with E-state index in [1.165, 1.54) is 11.1 Å². The first-order valence-electron chi connectivity index (χ1n) is 7.14. The quantitative estimate of drug-likeness (QED) is 0.677. The van der Waals surface area contributed by atoms with Crippen molar-refractivity contribution in [3.8, 4) is 0 Å². The van der Waals surface area contributed by atoms with Crippen molar-refractivity contribution in [1.82, 2.24) is 20.6 Å². The fourth-order valence-corrected chi connectivity index (χ4v) is 1.99. The van der Waals surface area contributed by atoms with E-state index in [0.29, 0.717) is 0 Å². The molecule has 2 aromatic rings. The minimum Gasteiger partial charge on any atom is -0.315 e. The average Bonchev–Trinajstić information content (AvgIpc) is 2.52. The lowest BCUT2D eigenvalue weighted by atomic mass is 10.2. The summed E-state index contributed by atoms with van der Waals surface area (Å²) in [6.45, 7) is 4.02. The summed E-state index contributed by atoms with van der Waals surface area (Å²) < 4.78 is 0. The smallest absolute Gasteiger partial charge is 0.0270 e. The maximum atomic E-state index is 4.01. The van der Waals surface area contributed by atoms with Gasteiger partial charge in [-0.2, -0.15) is 0 Å². The first-order chi connectivity index (χ1) is 9.95. The third kappa shape index (κ3) is 5.91. The topological polar surface area (TPSA) is 49.8 Å². The van der Waals surface area contributed by atoms with Gasteiger partial charge in [-0.3, -0.25) is 9.97 Å². The highest BCUT2D eigenvalue weighted by molar-refractivity contribution is 5.10. The Hall–Kier alpha value is -1.78. The molecule has 0 unspecified atom stereocenters. The van der Waals surface area contributed by atoms with Gasteiger partial charge in [0.1, 0.15) is 0 Å². The summed E-state index contributed by atoms with van der Waals surface area (Å²) in [7, 11) is 0. The third-order valence-corrected chi connectivity index (χ3v) is 3.16. The molecule has 2 N–H and O–H groups in total. The Morgan fingerprint density at radius 3 is 1.40 bits per heavy atom. The van der Waals surface area contributed by atoms with Gasteiger partial charge in [0, 0.05) is 37.9 Å². The van der Waals surface area contributed by atoms with Crippen LogP contribution in [0.25, 0.3) is 0 Å². The predicted octanol–water partition coefficient (Wildman–Crippen LogP) is 1.44. The van der Waals surface area contributed by atoms with E-state index in [4.69, 9.17) is 0 Å². The van der Waals surface area contributed by atoms with Crippen molar-refractivity contribution < 1.29 is 0 Å². The van der Waals surface area contributed by atoms with Gasteiger partial charge in [0.05, 0.1) is 0 Å². The van der Waals surface area contributed by atoms with E-state index in [9.17, 15) is 0 Å². The molecule has 0 aliphatic rings. The van der Waals surface area contributed by atoms with Crippen LogP contribution in [0.15, 0.2) is 49.1 Å². The number of nitrogens with one attached hydrogen (secondary N) is 2. The largest absolute Gasteiger partial charge is 0.315 e. The Morgan fingerprint density at radius 2 is 1.00 bits per heavy atom. The zero-order valence-corrected chi connectivity index (χ0v) is 11.8. The summed E-state index contributed by atoms with van der Waals surface area (Å²) in [4.78, 5) is 8.03. The molecule has 0 saturated carbocycles. The van der Waals surface area contributed by atoms with Crippen molar-refractivity contribution in [2.75, 3.05) is 26.2 Å². The van der Waals surface area contributed by atoms with E-state index >= 15 is 0 Å². The number of hydrogen-bond donors (Lipinski definition) is 2. The van der Waals surface area contributed by atoms with Crippen LogP contribution in [0.1, 0.15) is 11.1 Å². The molecule has 0 aliphatic carbocycles. The van der Waals surface area contributed by atoms with Gasteiger partial charge in [0.15, 0.2) is 0 Å². The van der Waals surface area contributed by atoms with Crippen LogP contribution in [0.5, 0.6) is 0 Å². The van der Waals surface area contributed by atoms with Gasteiger partial charge in [-0.1, -0.05) is 0 Å². The molecule has 4 nitrogen and oxygen atoms in total. The molecule has 0 atom stereocenters. The van der Waals surface area contributed by atoms with Crippen molar-refractivity contribution in [2.45, 2.75) is 12.8 Å². The van der Waals surface area contributed by atoms with Crippen molar-refractivity contribution in [3.63, 3.8) is 0 Å². The molecule has 0 amide bonds. The molecule has 20 heavy (non-hydrogen) atoms. The van der Waals surface area contributed by atoms with Gasteiger partial charge in [-0.05, 0) is 61.3 Å². The van der Waals surface area contributed by atoms with Crippen LogP contribution < -0.4 is 10.6 Å². The molecule has 0 aliphatic heterocycles. The Bertz CT molecular complexity index is 413. The molecular weight excluding hydrogens is 248 g/mol. The summed E-state index contributed by atoms with van der Waals surface area (Å²) >= 11 is 0. The zero-order valence-electron chi connectivity index (χ0n) is 11.8. The Labute approximate surface area is 120 Å². The minimum absolute atomic E-state index is 1.00. The SMILES string of the molecule is c1cc(CCNCCNCCc2ccncc2)ccn1. The van der Waals surface area contributed by atoms with Crippen molar-refractivity contribution in [3.05, 3.63) is 60.2 Å². The monoisotopic (exact) mass is 270 g/mol. The average molecular weight is 270 g/mol. The Kier molecular flexibility index (Phi) is 6.71. The highest BCUT2D eigenvalue weighted by atomic mass is 14.9. The van der Waals surface area contributed by atoms with E-state index in [1.54, 1.807) is 0 Å². The normalized spacial score (nSPS) is 10.6. The van der Waals surface area contributed by atoms with Crippen LogP contribution in [0.4, 0.5) is 0 Å². The summed E-state index contributed by atoms with van der Waals surface area (Å²) in [5.74, 6) is 0. The number of nitrogens with zero attached hydrogens (tertiary/aromatic N) is 2. The highest BCUT2D eigenvalue weighted by Crippen LogP contribution is 1.96. The van der Waals surface area contributed by atoms with Crippen LogP contribution in [0.2, 0.25) is 0 Å². The van der Waals surface area contributed by atoms with E-state index in [1.807, 2.05) is 24.8 Å². The molecule has 0 fully saturated rings. The van der Waals surface area contributed by atoms with E-state index in [0.717, 1.165) is 39.0 Å². The lowest BCUT2D eigenvalue weighted by Crippen LogP contribution is -2.29. The van der Waals surface area contributed by atoms with Gasteiger partial charge in [0.2, 0.25) is 0 Å². The molecule has 4 heteroatoms. The molecule has 0 saturated heterocycles. The number of pyridine rings is 2. The Morgan fingerprint density at radius 1 is 0.600 bits per heavy atom. The van der Waals surface area contributed by atoms with Crippen LogP contribution in [0.3, 0.4) is 0 Å². The first-order valence-corrected chi connectivity index (χ1v) is 7.14. The fraction of sp³-hybridized carbons (Fsp3) is 0.375. The maximum Gasteiger partial charge on any atom is 0.0270 e. The van der Waals surface area contributed by atoms with Gasteiger partial charge in [0.25, 0.3) is 0 Å². The zero-order chi connectivity index (χ0) is 13.9. The second kappa shape index (κ2) is 9.18. The fourth-order valence-electron chi connectivity index (χ4n) is 1.99. The minimum atomic E-state index is 1.00. The Balaban J connectivity index is 1.44. The molecule has 106 valence electrons. The second-order valence-electron chi connectivity index (χ2n) is 4.71. The number of rotatable bonds is 9. The van der Waals surface area contributed by atoms with Gasteiger partial charge >= 0.3 is 0 Å². The molecule has 0 spiro atoms. The third-order valence-electron chi connectivity index (χ3n) is 3.16. The molecule has 0 radical (unpaired) electrons. The predicted molar refractivity (Wildman–Crippen MR) is 81.6 cm³/mol. The van der Waals surface area contributed by atoms with Crippen LogP contribution in [0, 0.1) is 0 Å². The van der Waals surface area contributed by atoms with Crippen molar-refractivity contribution in [1.29, 1.82) is 0 Å². The van der Waals surface area contributed by atoms with Crippen molar-refractivity contribution >= 4 is 0 Å². The summed E-state index contributed by atoms with van der Waals surface area (Å²) in [6.07, 6.45) is 9.48. The number of hydrogen-bond acceptors (Lipinski definition) is 4. The van der Waals surface area contributed by atoms with E-state index in [2.05, 4.69) is 44.9 Å². The second-order valence-corrected chi connectivity index (χ2v) is 4.71. The number of aromatic nitrogens is 2. The maximum absolute atomic E-state index is 4.01. The van der Waals surface area contributed by atoms with Crippen molar-refractivity contribution in [2.24, 2.45) is 0 Å². The standard InChI is InChI=1S/C16H22N4/c1-7-17-8-2-15(1)5-11-19-13-14-20-12-6-16-3-9-18-10-4-16/h1-4,7-10,19-20H,5-6,11-14H2. The van der Waals surface area contributed by atoms with Gasteiger partial charge in [-0.25, -0.2) is 0 Å². The van der Waals surface area contributed by atoms with Gasteiger partial charge in [-0.15, -0.1) is 0 Å². The molecule has 2 aromatic heterocycles.